The third-order valence-corrected chi connectivity index (χ3v) is 9.85. The minimum atomic E-state index is 0.695. The Labute approximate surface area is 297 Å². The summed E-state index contributed by atoms with van der Waals surface area (Å²) in [6.07, 6.45) is 3.91. The Morgan fingerprint density at radius 1 is 0.510 bits per heavy atom. The van der Waals surface area contributed by atoms with Crippen molar-refractivity contribution in [3.63, 3.8) is 0 Å². The van der Waals surface area contributed by atoms with E-state index in [9.17, 15) is 0 Å². The summed E-state index contributed by atoms with van der Waals surface area (Å²) in [6, 6.07) is 58.5. The second kappa shape index (κ2) is 12.6. The Kier molecular flexibility index (Phi) is 7.52. The molecule has 1 heterocycles. The molecule has 242 valence electrons. The predicted octanol–water partition coefficient (Wildman–Crippen LogP) is 14.1. The second-order valence-corrected chi connectivity index (χ2v) is 12.8. The Morgan fingerprint density at radius 3 is 1.61 bits per heavy atom. The van der Waals surface area contributed by atoms with Crippen LogP contribution in [0, 0.1) is 0 Å². The Morgan fingerprint density at radius 2 is 1.02 bits per heavy atom. The van der Waals surface area contributed by atoms with Gasteiger partial charge >= 0.3 is 0 Å². The number of allylic oxidation sites excluding steroid dienone is 1. The number of nitrogens with zero attached hydrogens (tertiary/aromatic N) is 2. The van der Waals surface area contributed by atoms with Gasteiger partial charge in [0.1, 0.15) is 11.3 Å². The number of rotatable bonds is 7. The first-order valence-corrected chi connectivity index (χ1v) is 17.3. The van der Waals surface area contributed by atoms with Crippen molar-refractivity contribution >= 4 is 78.8 Å². The summed E-state index contributed by atoms with van der Waals surface area (Å²) in [6.45, 7) is 5.93. The molecule has 0 unspecified atom stereocenters. The van der Waals surface area contributed by atoms with Gasteiger partial charge in [0.05, 0.1) is 11.1 Å². The van der Waals surface area contributed by atoms with Gasteiger partial charge in [-0.3, -0.25) is 4.99 Å². The van der Waals surface area contributed by atoms with Crippen molar-refractivity contribution in [2.45, 2.75) is 6.92 Å². The van der Waals surface area contributed by atoms with Crippen LogP contribution in [0.3, 0.4) is 0 Å². The summed E-state index contributed by atoms with van der Waals surface area (Å²) in [5.74, 6) is 0.695. The molecule has 0 atom stereocenters. The van der Waals surface area contributed by atoms with E-state index < -0.39 is 0 Å². The fraction of sp³-hybridized carbons (Fsp3) is 0.0208. The number of anilines is 3. The van der Waals surface area contributed by atoms with Gasteiger partial charge in [0, 0.05) is 11.4 Å². The quantitative estimate of drug-likeness (QED) is 0.126. The van der Waals surface area contributed by atoms with Crippen molar-refractivity contribution < 1.29 is 4.42 Å². The SMILES string of the molecule is C=Nc1c(/C=C\C)oc2cccc(N(c3ccc(-c4ccc(-c5ccccc5)cc4)cc3)c3ccc4c5ccccc5c5ccccc5c4c3)c12. The van der Waals surface area contributed by atoms with Gasteiger partial charge in [-0.15, -0.1) is 0 Å². The van der Waals surface area contributed by atoms with Crippen molar-refractivity contribution in [1.82, 2.24) is 0 Å². The van der Waals surface area contributed by atoms with E-state index in [1.165, 1.54) is 49.0 Å². The van der Waals surface area contributed by atoms with Gasteiger partial charge in [-0.25, -0.2) is 0 Å². The minimum Gasteiger partial charge on any atom is -0.454 e. The summed E-state index contributed by atoms with van der Waals surface area (Å²) < 4.78 is 6.34. The zero-order chi connectivity index (χ0) is 34.3. The van der Waals surface area contributed by atoms with Crippen LogP contribution in [0.2, 0.25) is 0 Å². The molecule has 0 aliphatic heterocycles. The standard InChI is InChI=1S/C48H34N2O/c1-3-12-46-48(49-2)47-44(19-11-20-45(47)51-46)50(36-27-25-35(26-28-36)34-23-21-33(22-24-34)32-13-5-4-6-14-32)37-29-30-42-40-17-8-7-15-38(40)39-16-9-10-18-41(39)43(42)31-37/h3-31H,2H2,1H3/b12-3-. The molecule has 3 nitrogen and oxygen atoms in total. The number of aliphatic imine (C=N–C) groups is 1. The van der Waals surface area contributed by atoms with Gasteiger partial charge in [-0.2, -0.15) is 0 Å². The third-order valence-electron chi connectivity index (χ3n) is 9.85. The zero-order valence-corrected chi connectivity index (χ0v) is 28.3. The zero-order valence-electron chi connectivity index (χ0n) is 28.3. The first kappa shape index (κ1) is 30.4. The van der Waals surface area contributed by atoms with Gasteiger partial charge in [0.2, 0.25) is 0 Å². The summed E-state index contributed by atoms with van der Waals surface area (Å²) in [5.41, 5.74) is 9.28. The molecule has 1 aromatic heterocycles. The van der Waals surface area contributed by atoms with Crippen molar-refractivity contribution in [1.29, 1.82) is 0 Å². The molecule has 0 aliphatic rings. The highest BCUT2D eigenvalue weighted by Crippen LogP contribution is 2.47. The van der Waals surface area contributed by atoms with Crippen molar-refractivity contribution in [3.8, 4) is 22.3 Å². The third kappa shape index (κ3) is 5.19. The summed E-state index contributed by atoms with van der Waals surface area (Å²) in [5, 5.41) is 8.35. The van der Waals surface area contributed by atoms with E-state index >= 15 is 0 Å². The lowest BCUT2D eigenvalue weighted by molar-refractivity contribution is 0.605. The topological polar surface area (TPSA) is 28.7 Å². The van der Waals surface area contributed by atoms with Crippen LogP contribution in [0.25, 0.3) is 71.6 Å². The molecule has 0 saturated heterocycles. The number of hydrogen-bond donors (Lipinski definition) is 0. The fourth-order valence-corrected chi connectivity index (χ4v) is 7.49. The molecule has 0 N–H and O–H groups in total. The molecule has 0 amide bonds. The number of benzene rings is 8. The second-order valence-electron chi connectivity index (χ2n) is 12.8. The predicted molar refractivity (Wildman–Crippen MR) is 218 cm³/mol. The van der Waals surface area contributed by atoms with E-state index in [0.717, 1.165) is 39.3 Å². The smallest absolute Gasteiger partial charge is 0.153 e. The largest absolute Gasteiger partial charge is 0.454 e. The maximum absolute atomic E-state index is 6.34. The van der Waals surface area contributed by atoms with Crippen LogP contribution in [0.4, 0.5) is 22.7 Å². The van der Waals surface area contributed by atoms with Crippen molar-refractivity contribution in [2.75, 3.05) is 4.90 Å². The molecule has 0 spiro atoms. The lowest BCUT2D eigenvalue weighted by Crippen LogP contribution is -2.10. The summed E-state index contributed by atoms with van der Waals surface area (Å²) >= 11 is 0. The number of fused-ring (bicyclic) bond motifs is 7. The van der Waals surface area contributed by atoms with E-state index in [1.807, 2.05) is 37.3 Å². The number of furan rings is 1. The molecular formula is C48H34N2O. The Hall–Kier alpha value is -6.71. The molecule has 0 saturated carbocycles. The molecule has 0 radical (unpaired) electrons. The van der Waals surface area contributed by atoms with E-state index in [1.54, 1.807) is 0 Å². The summed E-state index contributed by atoms with van der Waals surface area (Å²) in [7, 11) is 0. The van der Waals surface area contributed by atoms with E-state index in [4.69, 9.17) is 4.42 Å². The van der Waals surface area contributed by atoms with E-state index in [-0.39, 0.29) is 0 Å². The molecule has 8 aromatic carbocycles. The lowest BCUT2D eigenvalue weighted by atomic mass is 9.94. The monoisotopic (exact) mass is 654 g/mol. The van der Waals surface area contributed by atoms with Crippen molar-refractivity contribution in [3.05, 3.63) is 176 Å². The van der Waals surface area contributed by atoms with Gasteiger partial charge in [-0.1, -0.05) is 133 Å². The first-order chi connectivity index (χ1) is 25.2. The van der Waals surface area contributed by atoms with E-state index in [2.05, 4.69) is 162 Å². The molecule has 9 rings (SSSR count). The molecule has 3 heteroatoms. The van der Waals surface area contributed by atoms with Gasteiger partial charge in [0.15, 0.2) is 5.76 Å². The van der Waals surface area contributed by atoms with Gasteiger partial charge < -0.3 is 9.32 Å². The van der Waals surface area contributed by atoms with Crippen LogP contribution in [-0.4, -0.2) is 6.72 Å². The van der Waals surface area contributed by atoms with Crippen LogP contribution in [-0.2, 0) is 0 Å². The fourth-order valence-electron chi connectivity index (χ4n) is 7.49. The van der Waals surface area contributed by atoms with Crippen molar-refractivity contribution in [2.24, 2.45) is 4.99 Å². The Bertz CT molecular complexity index is 2720. The highest BCUT2D eigenvalue weighted by Gasteiger charge is 2.22. The van der Waals surface area contributed by atoms with Gasteiger partial charge in [0.25, 0.3) is 0 Å². The minimum absolute atomic E-state index is 0.695. The molecular weight excluding hydrogens is 621 g/mol. The van der Waals surface area contributed by atoms with Gasteiger partial charge in [-0.05, 0) is 111 Å². The average Bonchev–Trinajstić information content (AvgIpc) is 3.57. The highest BCUT2D eigenvalue weighted by molar-refractivity contribution is 6.26. The molecule has 0 fully saturated rings. The Balaban J connectivity index is 1.24. The van der Waals surface area contributed by atoms with E-state index in [0.29, 0.717) is 5.76 Å². The lowest BCUT2D eigenvalue weighted by Gasteiger charge is -2.27. The van der Waals surface area contributed by atoms with Crippen LogP contribution >= 0.6 is 0 Å². The first-order valence-electron chi connectivity index (χ1n) is 17.3. The maximum Gasteiger partial charge on any atom is 0.153 e. The van der Waals surface area contributed by atoms with Crippen LogP contribution in [0.15, 0.2) is 179 Å². The van der Waals surface area contributed by atoms with Crippen LogP contribution in [0.1, 0.15) is 12.7 Å². The van der Waals surface area contributed by atoms with Crippen LogP contribution in [0.5, 0.6) is 0 Å². The molecule has 9 aromatic rings. The average molecular weight is 655 g/mol. The van der Waals surface area contributed by atoms with Crippen LogP contribution < -0.4 is 4.90 Å². The highest BCUT2D eigenvalue weighted by atomic mass is 16.3. The summed E-state index contributed by atoms with van der Waals surface area (Å²) in [4.78, 5) is 6.81. The molecule has 0 aliphatic carbocycles. The molecule has 51 heavy (non-hydrogen) atoms. The maximum atomic E-state index is 6.34. The normalized spacial score (nSPS) is 11.6. The molecule has 0 bridgehead atoms. The number of hydrogen-bond acceptors (Lipinski definition) is 3.